The number of imidazole rings is 1. The number of aromatic nitrogens is 2. The van der Waals surface area contributed by atoms with Crippen molar-refractivity contribution in [3.63, 3.8) is 0 Å². The molecule has 1 saturated heterocycles. The molecule has 26 heavy (non-hydrogen) atoms. The molecule has 1 aromatic heterocycles. The largest absolute Gasteiger partial charge is 0.385 e. The van der Waals surface area contributed by atoms with Gasteiger partial charge in [0.25, 0.3) is 11.8 Å². The lowest BCUT2D eigenvalue weighted by atomic mass is 10.1. The van der Waals surface area contributed by atoms with Crippen LogP contribution in [0.15, 0.2) is 0 Å². The molecule has 8 nitrogen and oxygen atoms in total. The number of hydrogen-bond acceptors (Lipinski definition) is 5. The fourth-order valence-corrected chi connectivity index (χ4v) is 3.54. The van der Waals surface area contributed by atoms with Gasteiger partial charge < -0.3 is 24.4 Å². The highest BCUT2D eigenvalue weighted by molar-refractivity contribution is 5.97. The van der Waals surface area contributed by atoms with Crippen LogP contribution in [0.2, 0.25) is 0 Å². The molecule has 0 unspecified atom stereocenters. The van der Waals surface area contributed by atoms with Crippen molar-refractivity contribution in [1.29, 1.82) is 0 Å². The van der Waals surface area contributed by atoms with Gasteiger partial charge in [0.05, 0.1) is 5.69 Å². The van der Waals surface area contributed by atoms with E-state index in [1.54, 1.807) is 7.11 Å². The maximum atomic E-state index is 13.0. The van der Waals surface area contributed by atoms with Gasteiger partial charge in [0.2, 0.25) is 0 Å². The summed E-state index contributed by atoms with van der Waals surface area (Å²) in [5, 5.41) is 2.90. The second-order valence-corrected chi connectivity index (χ2v) is 7.04. The summed E-state index contributed by atoms with van der Waals surface area (Å²) in [5.41, 5.74) is 1.32. The van der Waals surface area contributed by atoms with Crippen LogP contribution in [0.4, 0.5) is 0 Å². The Morgan fingerprint density at radius 2 is 1.92 bits per heavy atom. The normalized spacial score (nSPS) is 17.8. The van der Waals surface area contributed by atoms with Crippen LogP contribution in [0, 0.1) is 0 Å². The van der Waals surface area contributed by atoms with Gasteiger partial charge in [-0.1, -0.05) is 0 Å². The molecule has 2 aliphatic rings. The molecule has 1 aromatic rings. The van der Waals surface area contributed by atoms with E-state index < -0.39 is 0 Å². The van der Waals surface area contributed by atoms with E-state index in [1.165, 1.54) is 0 Å². The highest BCUT2D eigenvalue weighted by Crippen LogP contribution is 2.22. The molecule has 0 radical (unpaired) electrons. The number of piperazine rings is 1. The maximum absolute atomic E-state index is 13.0. The third-order valence-electron chi connectivity index (χ3n) is 5.13. The van der Waals surface area contributed by atoms with Gasteiger partial charge in [-0.3, -0.25) is 9.59 Å². The molecular weight excluding hydrogens is 334 g/mol. The van der Waals surface area contributed by atoms with Crippen molar-refractivity contribution in [2.45, 2.75) is 32.2 Å². The second kappa shape index (κ2) is 8.64. The fourth-order valence-electron chi connectivity index (χ4n) is 3.54. The lowest BCUT2D eigenvalue weighted by molar-refractivity contribution is 0.0645. The number of fused-ring (bicyclic) bond motifs is 1. The minimum atomic E-state index is -0.191. The quantitative estimate of drug-likeness (QED) is 0.739. The molecule has 0 aromatic carbocycles. The van der Waals surface area contributed by atoms with E-state index in [4.69, 9.17) is 4.74 Å². The van der Waals surface area contributed by atoms with Crippen molar-refractivity contribution in [2.75, 3.05) is 53.5 Å². The molecule has 0 aliphatic carbocycles. The molecule has 0 atom stereocenters. The Bertz CT molecular complexity index is 649. The van der Waals surface area contributed by atoms with Crippen molar-refractivity contribution in [1.82, 2.24) is 24.7 Å². The number of likely N-dealkylation sites (N-methyl/N-ethyl adjacent to an activating group) is 1. The standard InChI is InChI=1S/C18H29N5O3/c1-21-9-11-22(12-10-21)18(25)16-20-15(14-6-3-4-8-23(14)16)17(24)19-7-5-13-26-2/h3-13H2,1-2H3,(H,19,24). The smallest absolute Gasteiger partial charge is 0.289 e. The fraction of sp³-hybridized carbons (Fsp3) is 0.722. The van der Waals surface area contributed by atoms with E-state index in [2.05, 4.69) is 22.2 Å². The summed E-state index contributed by atoms with van der Waals surface area (Å²) >= 11 is 0. The van der Waals surface area contributed by atoms with Gasteiger partial charge in [-0.2, -0.15) is 0 Å². The predicted molar refractivity (Wildman–Crippen MR) is 97.4 cm³/mol. The van der Waals surface area contributed by atoms with Gasteiger partial charge in [0.1, 0.15) is 5.69 Å². The zero-order chi connectivity index (χ0) is 18.5. The number of hydrogen-bond donors (Lipinski definition) is 1. The van der Waals surface area contributed by atoms with Gasteiger partial charge in [-0.15, -0.1) is 0 Å². The molecule has 8 heteroatoms. The summed E-state index contributed by atoms with van der Waals surface area (Å²) in [6.45, 7) is 5.05. The van der Waals surface area contributed by atoms with Crippen molar-refractivity contribution in [3.8, 4) is 0 Å². The Morgan fingerprint density at radius 1 is 1.15 bits per heavy atom. The number of ether oxygens (including phenoxy) is 1. The molecule has 144 valence electrons. The Hall–Kier alpha value is -1.93. The number of amides is 2. The van der Waals surface area contributed by atoms with Crippen LogP contribution in [0.1, 0.15) is 46.1 Å². The summed E-state index contributed by atoms with van der Waals surface area (Å²) < 4.78 is 6.97. The highest BCUT2D eigenvalue weighted by atomic mass is 16.5. The van der Waals surface area contributed by atoms with Gasteiger partial charge >= 0.3 is 0 Å². The monoisotopic (exact) mass is 363 g/mol. The van der Waals surface area contributed by atoms with Crippen LogP contribution in [-0.4, -0.2) is 84.7 Å². The number of methoxy groups -OCH3 is 1. The summed E-state index contributed by atoms with van der Waals surface area (Å²) in [7, 11) is 3.70. The average Bonchev–Trinajstić information content (AvgIpc) is 3.05. The summed E-state index contributed by atoms with van der Waals surface area (Å²) in [6, 6.07) is 0. The van der Waals surface area contributed by atoms with Crippen molar-refractivity contribution in [3.05, 3.63) is 17.2 Å². The first-order chi connectivity index (χ1) is 12.6. The minimum Gasteiger partial charge on any atom is -0.385 e. The molecule has 0 bridgehead atoms. The van der Waals surface area contributed by atoms with Crippen molar-refractivity contribution >= 4 is 11.8 Å². The highest BCUT2D eigenvalue weighted by Gasteiger charge is 2.30. The van der Waals surface area contributed by atoms with E-state index in [0.717, 1.165) is 51.0 Å². The van der Waals surface area contributed by atoms with Crippen molar-refractivity contribution in [2.24, 2.45) is 0 Å². The average molecular weight is 363 g/mol. The number of nitrogens with one attached hydrogen (secondary N) is 1. The minimum absolute atomic E-state index is 0.0558. The van der Waals surface area contributed by atoms with Crippen LogP contribution >= 0.6 is 0 Å². The predicted octanol–water partition coefficient (Wildman–Crippen LogP) is 0.373. The van der Waals surface area contributed by atoms with Gasteiger partial charge in [0.15, 0.2) is 5.82 Å². The van der Waals surface area contributed by atoms with E-state index in [-0.39, 0.29) is 11.8 Å². The Kier molecular flexibility index (Phi) is 6.26. The molecule has 1 N–H and O–H groups in total. The lowest BCUT2D eigenvalue weighted by Gasteiger charge is -2.32. The number of rotatable bonds is 6. The van der Waals surface area contributed by atoms with Crippen LogP contribution in [0.3, 0.4) is 0 Å². The first-order valence-corrected chi connectivity index (χ1v) is 9.46. The third-order valence-corrected chi connectivity index (χ3v) is 5.13. The van der Waals surface area contributed by atoms with E-state index in [0.29, 0.717) is 37.8 Å². The molecule has 1 fully saturated rings. The number of nitrogens with zero attached hydrogens (tertiary/aromatic N) is 4. The molecule has 2 aliphatic heterocycles. The van der Waals surface area contributed by atoms with Crippen molar-refractivity contribution < 1.29 is 14.3 Å². The number of carbonyl (C=O) groups excluding carboxylic acids is 2. The summed E-state index contributed by atoms with van der Waals surface area (Å²) in [6.07, 6.45) is 3.59. The zero-order valence-corrected chi connectivity index (χ0v) is 15.8. The third kappa shape index (κ3) is 4.07. The van der Waals surface area contributed by atoms with Crippen LogP contribution in [0.25, 0.3) is 0 Å². The molecule has 3 heterocycles. The SMILES string of the molecule is COCCCNC(=O)c1nc(C(=O)N2CCN(C)CC2)n2c1CCCC2. The molecule has 0 saturated carbocycles. The van der Waals surface area contributed by atoms with E-state index in [9.17, 15) is 9.59 Å². The number of carbonyl (C=O) groups is 2. The molecule has 2 amide bonds. The van der Waals surface area contributed by atoms with Crippen LogP contribution < -0.4 is 5.32 Å². The first kappa shape index (κ1) is 18.8. The zero-order valence-electron chi connectivity index (χ0n) is 15.8. The maximum Gasteiger partial charge on any atom is 0.289 e. The summed E-state index contributed by atoms with van der Waals surface area (Å²) in [4.78, 5) is 34.1. The van der Waals surface area contributed by atoms with Gasteiger partial charge in [0, 0.05) is 53.0 Å². The van der Waals surface area contributed by atoms with Gasteiger partial charge in [-0.25, -0.2) is 4.98 Å². The van der Waals surface area contributed by atoms with Gasteiger partial charge in [-0.05, 0) is 32.7 Å². The lowest BCUT2D eigenvalue weighted by Crippen LogP contribution is -2.47. The second-order valence-electron chi connectivity index (χ2n) is 7.04. The molecule has 3 rings (SSSR count). The Balaban J connectivity index is 1.77. The van der Waals surface area contributed by atoms with Crippen LogP contribution in [0.5, 0.6) is 0 Å². The van der Waals surface area contributed by atoms with E-state index in [1.807, 2.05) is 9.47 Å². The Labute approximate surface area is 154 Å². The molecule has 0 spiro atoms. The topological polar surface area (TPSA) is 79.7 Å². The van der Waals surface area contributed by atoms with Crippen LogP contribution in [-0.2, 0) is 17.7 Å². The van der Waals surface area contributed by atoms with E-state index >= 15 is 0 Å². The first-order valence-electron chi connectivity index (χ1n) is 9.46. The Morgan fingerprint density at radius 3 is 2.65 bits per heavy atom. The summed E-state index contributed by atoms with van der Waals surface area (Å²) in [5.74, 6) is 0.176. The molecular formula is C18H29N5O3.